The first kappa shape index (κ1) is 18.3. The molecule has 2 aromatic carbocycles. The second kappa shape index (κ2) is 8.25. The zero-order chi connectivity index (χ0) is 18.5. The fourth-order valence-corrected chi connectivity index (χ4v) is 3.02. The molecule has 0 spiro atoms. The summed E-state index contributed by atoms with van der Waals surface area (Å²) in [5.74, 6) is -0.212. The molecule has 1 aliphatic rings. The molecule has 1 heterocycles. The number of anilines is 1. The quantitative estimate of drug-likeness (QED) is 0.841. The highest BCUT2D eigenvalue weighted by Gasteiger charge is 2.24. The number of hydrogen-bond acceptors (Lipinski definition) is 4. The lowest BCUT2D eigenvalue weighted by Crippen LogP contribution is -2.47. The first-order valence-corrected chi connectivity index (χ1v) is 8.89. The van der Waals surface area contributed by atoms with Gasteiger partial charge in [-0.1, -0.05) is 42.0 Å². The summed E-state index contributed by atoms with van der Waals surface area (Å²) in [6, 6.07) is 14.3. The summed E-state index contributed by atoms with van der Waals surface area (Å²) in [6.45, 7) is 6.61. The van der Waals surface area contributed by atoms with Gasteiger partial charge in [-0.05, 0) is 26.0 Å². The van der Waals surface area contributed by atoms with E-state index in [1.54, 1.807) is 12.1 Å². The van der Waals surface area contributed by atoms with E-state index in [2.05, 4.69) is 10.2 Å². The molecule has 0 saturated carbocycles. The predicted molar refractivity (Wildman–Crippen MR) is 102 cm³/mol. The molecule has 5 nitrogen and oxygen atoms in total. The number of carbonyl (C=O) groups excluding carboxylic acids is 2. The molecule has 0 aromatic heterocycles. The third-order valence-corrected chi connectivity index (χ3v) is 4.72. The van der Waals surface area contributed by atoms with E-state index >= 15 is 0 Å². The molecule has 1 N–H and O–H groups in total. The molecule has 26 heavy (non-hydrogen) atoms. The number of ether oxygens (including phenoxy) is 1. The van der Waals surface area contributed by atoms with Crippen molar-refractivity contribution in [2.75, 3.05) is 31.6 Å². The van der Waals surface area contributed by atoms with Crippen LogP contribution in [0, 0.1) is 6.92 Å². The maximum atomic E-state index is 12.9. The highest BCUT2D eigenvalue weighted by atomic mass is 16.5. The molecule has 5 heteroatoms. The van der Waals surface area contributed by atoms with Crippen LogP contribution in [-0.4, -0.2) is 48.9 Å². The number of nitrogens with one attached hydrogen (secondary N) is 1. The van der Waals surface area contributed by atoms with Crippen LogP contribution in [0.15, 0.2) is 48.5 Å². The summed E-state index contributed by atoms with van der Waals surface area (Å²) in [4.78, 5) is 27.6. The van der Waals surface area contributed by atoms with Crippen LogP contribution in [0.1, 0.15) is 28.4 Å². The summed E-state index contributed by atoms with van der Waals surface area (Å²) >= 11 is 0. The Kier molecular flexibility index (Phi) is 5.81. The average Bonchev–Trinajstić information content (AvgIpc) is 2.68. The minimum Gasteiger partial charge on any atom is -0.379 e. The molecule has 0 bridgehead atoms. The number of morpholine rings is 1. The molecule has 136 valence electrons. The van der Waals surface area contributed by atoms with Crippen LogP contribution < -0.4 is 5.32 Å². The number of para-hydroxylation sites is 1. The first-order valence-electron chi connectivity index (χ1n) is 8.89. The number of hydrogen-bond donors (Lipinski definition) is 1. The Morgan fingerprint density at radius 3 is 2.38 bits per heavy atom. The Morgan fingerprint density at radius 2 is 1.69 bits per heavy atom. The van der Waals surface area contributed by atoms with E-state index in [-0.39, 0.29) is 17.7 Å². The number of nitrogens with zero attached hydrogens (tertiary/aromatic N) is 1. The second-order valence-electron chi connectivity index (χ2n) is 6.55. The third-order valence-electron chi connectivity index (χ3n) is 4.72. The zero-order valence-corrected chi connectivity index (χ0v) is 15.2. The number of amides is 1. The van der Waals surface area contributed by atoms with Gasteiger partial charge in [-0.2, -0.15) is 0 Å². The van der Waals surface area contributed by atoms with E-state index in [1.807, 2.05) is 50.2 Å². The first-order chi connectivity index (χ1) is 12.6. The van der Waals surface area contributed by atoms with E-state index in [0.717, 1.165) is 18.7 Å². The maximum absolute atomic E-state index is 12.9. The summed E-state index contributed by atoms with van der Waals surface area (Å²) in [7, 11) is 0. The lowest BCUT2D eigenvalue weighted by Gasteiger charge is -2.31. The Hall–Kier alpha value is -2.50. The molecular weight excluding hydrogens is 328 g/mol. The van der Waals surface area contributed by atoms with Crippen molar-refractivity contribution >= 4 is 17.4 Å². The van der Waals surface area contributed by atoms with Gasteiger partial charge >= 0.3 is 0 Å². The van der Waals surface area contributed by atoms with E-state index < -0.39 is 0 Å². The monoisotopic (exact) mass is 352 g/mol. The molecule has 0 aliphatic carbocycles. The smallest absolute Gasteiger partial charge is 0.241 e. The van der Waals surface area contributed by atoms with Gasteiger partial charge in [-0.25, -0.2) is 0 Å². The summed E-state index contributed by atoms with van der Waals surface area (Å²) in [6.07, 6.45) is 0. The van der Waals surface area contributed by atoms with Crippen molar-refractivity contribution in [1.29, 1.82) is 0 Å². The van der Waals surface area contributed by atoms with E-state index in [1.165, 1.54) is 0 Å². The van der Waals surface area contributed by atoms with Gasteiger partial charge < -0.3 is 10.1 Å². The SMILES string of the molecule is Cc1ccc(C(=O)c2ccccc2NC(=O)C(C)N2CCOCC2)cc1. The van der Waals surface area contributed by atoms with Gasteiger partial charge in [0.15, 0.2) is 5.78 Å². The van der Waals surface area contributed by atoms with Crippen LogP contribution in [0.5, 0.6) is 0 Å². The lowest BCUT2D eigenvalue weighted by atomic mass is 10.0. The molecule has 3 rings (SSSR count). The van der Waals surface area contributed by atoms with E-state index in [0.29, 0.717) is 30.0 Å². The summed E-state index contributed by atoms with van der Waals surface area (Å²) in [5, 5.41) is 2.93. The van der Waals surface area contributed by atoms with Crippen molar-refractivity contribution in [2.45, 2.75) is 19.9 Å². The number of benzene rings is 2. The Morgan fingerprint density at radius 1 is 1.04 bits per heavy atom. The highest BCUT2D eigenvalue weighted by molar-refractivity contribution is 6.14. The topological polar surface area (TPSA) is 58.6 Å². The highest BCUT2D eigenvalue weighted by Crippen LogP contribution is 2.20. The second-order valence-corrected chi connectivity index (χ2v) is 6.55. The van der Waals surface area contributed by atoms with Crippen LogP contribution in [0.25, 0.3) is 0 Å². The van der Waals surface area contributed by atoms with Gasteiger partial charge in [-0.15, -0.1) is 0 Å². The van der Waals surface area contributed by atoms with Crippen LogP contribution >= 0.6 is 0 Å². The summed E-state index contributed by atoms with van der Waals surface area (Å²) in [5.41, 5.74) is 2.75. The third kappa shape index (κ3) is 4.18. The molecule has 0 radical (unpaired) electrons. The Bertz CT molecular complexity index is 780. The number of rotatable bonds is 5. The summed E-state index contributed by atoms with van der Waals surface area (Å²) < 4.78 is 5.34. The van der Waals surface area contributed by atoms with Crippen LogP contribution in [0.2, 0.25) is 0 Å². The van der Waals surface area contributed by atoms with Gasteiger partial charge in [0.25, 0.3) is 0 Å². The molecule has 1 saturated heterocycles. The van der Waals surface area contributed by atoms with Crippen molar-refractivity contribution in [3.05, 3.63) is 65.2 Å². The number of ketones is 1. The minimum absolute atomic E-state index is 0.0973. The molecule has 2 aromatic rings. The van der Waals surface area contributed by atoms with Gasteiger partial charge in [0.1, 0.15) is 0 Å². The zero-order valence-electron chi connectivity index (χ0n) is 15.2. The van der Waals surface area contributed by atoms with Crippen molar-refractivity contribution in [1.82, 2.24) is 4.90 Å². The predicted octanol–water partition coefficient (Wildman–Crippen LogP) is 2.89. The fourth-order valence-electron chi connectivity index (χ4n) is 3.02. The standard InChI is InChI=1S/C21H24N2O3/c1-15-7-9-17(10-8-15)20(24)18-5-3-4-6-19(18)22-21(25)16(2)23-11-13-26-14-12-23/h3-10,16H,11-14H2,1-2H3,(H,22,25). The van der Waals surface area contributed by atoms with Crippen molar-refractivity contribution in [2.24, 2.45) is 0 Å². The van der Waals surface area contributed by atoms with Crippen molar-refractivity contribution in [3.63, 3.8) is 0 Å². The van der Waals surface area contributed by atoms with Crippen molar-refractivity contribution in [3.8, 4) is 0 Å². The molecule has 1 unspecified atom stereocenters. The van der Waals surface area contributed by atoms with Crippen molar-refractivity contribution < 1.29 is 14.3 Å². The van der Waals surface area contributed by atoms with Gasteiger partial charge in [0.05, 0.1) is 24.9 Å². The van der Waals surface area contributed by atoms with Gasteiger partial charge in [0, 0.05) is 24.2 Å². The average molecular weight is 352 g/mol. The number of aryl methyl sites for hydroxylation is 1. The van der Waals surface area contributed by atoms with Gasteiger partial charge in [-0.3, -0.25) is 14.5 Å². The van der Waals surface area contributed by atoms with Gasteiger partial charge in [0.2, 0.25) is 5.91 Å². The molecule has 1 aliphatic heterocycles. The largest absolute Gasteiger partial charge is 0.379 e. The van der Waals surface area contributed by atoms with E-state index in [9.17, 15) is 9.59 Å². The fraction of sp³-hybridized carbons (Fsp3) is 0.333. The van der Waals surface area contributed by atoms with Crippen LogP contribution in [0.3, 0.4) is 0 Å². The normalized spacial score (nSPS) is 16.1. The minimum atomic E-state index is -0.276. The molecule has 1 amide bonds. The molecular formula is C21H24N2O3. The van der Waals surface area contributed by atoms with Crippen LogP contribution in [-0.2, 0) is 9.53 Å². The molecule has 1 fully saturated rings. The Balaban J connectivity index is 1.77. The van der Waals surface area contributed by atoms with Crippen LogP contribution in [0.4, 0.5) is 5.69 Å². The molecule has 1 atom stereocenters. The van der Waals surface area contributed by atoms with E-state index in [4.69, 9.17) is 4.74 Å². The maximum Gasteiger partial charge on any atom is 0.241 e. The Labute approximate surface area is 154 Å². The number of carbonyl (C=O) groups is 2. The lowest BCUT2D eigenvalue weighted by molar-refractivity contribution is -0.122.